The van der Waals surface area contributed by atoms with Crippen molar-refractivity contribution >= 4 is 11.8 Å². The highest BCUT2D eigenvalue weighted by atomic mass is 16.6. The fourth-order valence-electron chi connectivity index (χ4n) is 0.487. The molecule has 4 heteroatoms. The van der Waals surface area contributed by atoms with Crippen LogP contribution in [0.1, 0.15) is 13.8 Å². The van der Waals surface area contributed by atoms with Crippen molar-refractivity contribution in [2.45, 2.75) is 13.8 Å². The van der Waals surface area contributed by atoms with Crippen LogP contribution in [0.2, 0.25) is 0 Å². The molecule has 0 bridgehead atoms. The van der Waals surface area contributed by atoms with E-state index in [4.69, 9.17) is 10.1 Å². The first kappa shape index (κ1) is 9.72. The quantitative estimate of drug-likeness (QED) is 0.283. The second kappa shape index (κ2) is 5.50. The number of hydrogen-bond donors (Lipinski definition) is 1. The van der Waals surface area contributed by atoms with Gasteiger partial charge in [0.2, 0.25) is 0 Å². The Hall–Kier alpha value is -1.28. The van der Waals surface area contributed by atoms with Crippen LogP contribution >= 0.6 is 0 Å². The molecule has 0 amide bonds. The molecule has 0 saturated heterocycles. The summed E-state index contributed by atoms with van der Waals surface area (Å²) in [6, 6.07) is 0. The Labute approximate surface area is 65.3 Å². The van der Waals surface area contributed by atoms with Crippen LogP contribution < -0.4 is 0 Å². The molecule has 11 heavy (non-hydrogen) atoms. The van der Waals surface area contributed by atoms with Crippen LogP contribution in [0.5, 0.6) is 0 Å². The van der Waals surface area contributed by atoms with Gasteiger partial charge < -0.3 is 9.47 Å². The molecule has 0 fully saturated rings. The monoisotopic (exact) mass is 157 g/mol. The average molecular weight is 157 g/mol. The Kier molecular flexibility index (Phi) is 4.86. The minimum atomic E-state index is -0.635. The fourth-order valence-corrected chi connectivity index (χ4v) is 0.487. The molecular formula is C7H11NO3. The molecule has 0 atom stereocenters. The Morgan fingerprint density at radius 2 is 1.91 bits per heavy atom. The van der Waals surface area contributed by atoms with Crippen molar-refractivity contribution in [1.82, 2.24) is 0 Å². The summed E-state index contributed by atoms with van der Waals surface area (Å²) < 4.78 is 9.31. The summed E-state index contributed by atoms with van der Waals surface area (Å²) >= 11 is 0. The number of carbonyl (C=O) groups excluding carboxylic acids is 1. The van der Waals surface area contributed by atoms with Crippen LogP contribution in [0.15, 0.2) is 5.76 Å². The minimum absolute atomic E-state index is 0.172. The van der Waals surface area contributed by atoms with Crippen LogP contribution in [-0.2, 0) is 14.3 Å². The lowest BCUT2D eigenvalue weighted by Gasteiger charge is -2.03. The van der Waals surface area contributed by atoms with Crippen LogP contribution in [0, 0.1) is 5.41 Å². The van der Waals surface area contributed by atoms with E-state index in [9.17, 15) is 4.79 Å². The van der Waals surface area contributed by atoms with Crippen molar-refractivity contribution in [3.63, 3.8) is 0 Å². The third-order valence-electron chi connectivity index (χ3n) is 0.863. The van der Waals surface area contributed by atoms with Gasteiger partial charge in [0.25, 0.3) is 5.76 Å². The van der Waals surface area contributed by atoms with Crippen molar-refractivity contribution < 1.29 is 14.3 Å². The predicted octanol–water partition coefficient (Wildman–Crippen LogP) is 0.718. The van der Waals surface area contributed by atoms with E-state index in [1.165, 1.54) is 0 Å². The Morgan fingerprint density at radius 1 is 1.36 bits per heavy atom. The van der Waals surface area contributed by atoms with Crippen LogP contribution in [0.3, 0.4) is 0 Å². The first-order valence-electron chi connectivity index (χ1n) is 3.35. The fraction of sp³-hybridized carbons (Fsp3) is 0.571. The molecule has 0 aromatic heterocycles. The van der Waals surface area contributed by atoms with E-state index >= 15 is 0 Å². The Bertz CT molecular complexity index is 182. The topological polar surface area (TPSA) is 59.4 Å². The van der Waals surface area contributed by atoms with E-state index in [0.29, 0.717) is 6.61 Å². The zero-order valence-corrected chi connectivity index (χ0v) is 6.64. The molecule has 0 heterocycles. The highest BCUT2D eigenvalue weighted by Gasteiger charge is 2.10. The molecule has 0 aliphatic rings. The van der Waals surface area contributed by atoms with Crippen molar-refractivity contribution in [3.05, 3.63) is 5.76 Å². The molecule has 0 unspecified atom stereocenters. The number of esters is 1. The van der Waals surface area contributed by atoms with Gasteiger partial charge in [-0.15, -0.1) is 0 Å². The molecule has 0 aliphatic carbocycles. The molecule has 0 aromatic rings. The van der Waals surface area contributed by atoms with Gasteiger partial charge in [0.15, 0.2) is 0 Å². The predicted molar refractivity (Wildman–Crippen MR) is 39.5 cm³/mol. The van der Waals surface area contributed by atoms with Crippen molar-refractivity contribution in [1.29, 1.82) is 5.41 Å². The van der Waals surface area contributed by atoms with Gasteiger partial charge in [-0.25, -0.2) is 4.79 Å². The van der Waals surface area contributed by atoms with Crippen molar-refractivity contribution in [3.8, 4) is 0 Å². The van der Waals surface area contributed by atoms with E-state index in [-0.39, 0.29) is 12.4 Å². The molecule has 62 valence electrons. The highest BCUT2D eigenvalue weighted by Crippen LogP contribution is 1.94. The average Bonchev–Trinajstić information content (AvgIpc) is 2.00. The van der Waals surface area contributed by atoms with Gasteiger partial charge in [-0.2, -0.15) is 0 Å². The summed E-state index contributed by atoms with van der Waals surface area (Å²) in [5, 5.41) is 6.66. The first-order chi connectivity index (χ1) is 5.26. The third-order valence-corrected chi connectivity index (χ3v) is 0.863. The van der Waals surface area contributed by atoms with E-state index < -0.39 is 5.97 Å². The molecule has 0 saturated carbocycles. The molecule has 4 nitrogen and oxygen atoms in total. The summed E-state index contributed by atoms with van der Waals surface area (Å²) in [6.07, 6.45) is 0. The molecule has 0 radical (unpaired) electrons. The van der Waals surface area contributed by atoms with E-state index in [2.05, 4.69) is 4.74 Å². The summed E-state index contributed by atoms with van der Waals surface area (Å²) in [4.78, 5) is 10.8. The molecule has 0 aromatic carbocycles. The second-order valence-corrected chi connectivity index (χ2v) is 1.61. The largest absolute Gasteiger partial charge is 0.480 e. The SMILES string of the molecule is CCOC(=O)C(=C=N)OCC. The van der Waals surface area contributed by atoms with Gasteiger partial charge in [-0.05, 0) is 13.8 Å². The van der Waals surface area contributed by atoms with E-state index in [1.807, 2.05) is 5.87 Å². The highest BCUT2D eigenvalue weighted by molar-refractivity contribution is 5.94. The summed E-state index contributed by atoms with van der Waals surface area (Å²) in [7, 11) is 0. The van der Waals surface area contributed by atoms with Gasteiger partial charge in [-0.3, -0.25) is 5.41 Å². The zero-order chi connectivity index (χ0) is 8.69. The Balaban J connectivity index is 4.05. The maximum Gasteiger partial charge on any atom is 0.383 e. The van der Waals surface area contributed by atoms with Crippen LogP contribution in [-0.4, -0.2) is 25.1 Å². The number of carbonyl (C=O) groups is 1. The summed E-state index contributed by atoms with van der Waals surface area (Å²) in [5.41, 5.74) is 0. The molecule has 0 aliphatic heterocycles. The lowest BCUT2D eigenvalue weighted by Crippen LogP contribution is -2.10. The number of ether oxygens (including phenoxy) is 2. The van der Waals surface area contributed by atoms with Crippen molar-refractivity contribution in [2.24, 2.45) is 0 Å². The minimum Gasteiger partial charge on any atom is -0.480 e. The Morgan fingerprint density at radius 3 is 2.27 bits per heavy atom. The van der Waals surface area contributed by atoms with Crippen LogP contribution in [0.25, 0.3) is 0 Å². The lowest BCUT2D eigenvalue weighted by molar-refractivity contribution is -0.142. The van der Waals surface area contributed by atoms with Crippen molar-refractivity contribution in [2.75, 3.05) is 13.2 Å². The van der Waals surface area contributed by atoms with E-state index in [0.717, 1.165) is 0 Å². The molecule has 1 N–H and O–H groups in total. The van der Waals surface area contributed by atoms with Crippen LogP contribution in [0.4, 0.5) is 0 Å². The molecule has 0 rings (SSSR count). The normalized spacial score (nSPS) is 8.18. The van der Waals surface area contributed by atoms with Gasteiger partial charge in [0.05, 0.1) is 13.2 Å². The number of nitrogens with one attached hydrogen (secondary N) is 1. The second-order valence-electron chi connectivity index (χ2n) is 1.61. The van der Waals surface area contributed by atoms with Gasteiger partial charge in [0.1, 0.15) is 0 Å². The number of rotatable bonds is 4. The molecule has 0 spiro atoms. The zero-order valence-electron chi connectivity index (χ0n) is 6.64. The first-order valence-corrected chi connectivity index (χ1v) is 3.35. The van der Waals surface area contributed by atoms with Gasteiger partial charge in [0, 0.05) is 5.87 Å². The standard InChI is InChI=1S/C7H11NO3/c1-3-10-6(5-8)7(9)11-4-2/h8H,3-4H2,1-2H3. The lowest BCUT2D eigenvalue weighted by atomic mass is 10.5. The third kappa shape index (κ3) is 3.43. The number of hydrogen-bond acceptors (Lipinski definition) is 4. The molecular weight excluding hydrogens is 146 g/mol. The maximum absolute atomic E-state index is 10.8. The smallest absolute Gasteiger partial charge is 0.383 e. The summed E-state index contributed by atoms with van der Waals surface area (Å²) in [5.74, 6) is 1.05. The maximum atomic E-state index is 10.8. The van der Waals surface area contributed by atoms with E-state index in [1.54, 1.807) is 13.8 Å². The van der Waals surface area contributed by atoms with Gasteiger partial charge >= 0.3 is 5.97 Å². The van der Waals surface area contributed by atoms with Gasteiger partial charge in [-0.1, -0.05) is 0 Å². The summed E-state index contributed by atoms with van der Waals surface area (Å²) in [6.45, 7) is 4.01.